The number of benzene rings is 1. The van der Waals surface area contributed by atoms with Gasteiger partial charge >= 0.3 is 0 Å². The van der Waals surface area contributed by atoms with Gasteiger partial charge in [-0.15, -0.1) is 0 Å². The van der Waals surface area contributed by atoms with Crippen molar-refractivity contribution in [2.75, 3.05) is 13.7 Å². The Kier molecular flexibility index (Phi) is 6.21. The summed E-state index contributed by atoms with van der Waals surface area (Å²) >= 11 is 0. The van der Waals surface area contributed by atoms with Crippen LogP contribution in [0.2, 0.25) is 0 Å². The van der Waals surface area contributed by atoms with E-state index in [1.54, 1.807) is 25.2 Å². The zero-order chi connectivity index (χ0) is 15.2. The van der Waals surface area contributed by atoms with E-state index in [0.29, 0.717) is 5.56 Å². The van der Waals surface area contributed by atoms with Crippen LogP contribution in [0.25, 0.3) is 0 Å². The molecule has 1 aromatic carbocycles. The summed E-state index contributed by atoms with van der Waals surface area (Å²) in [4.78, 5) is 0.229. The van der Waals surface area contributed by atoms with Crippen LogP contribution in [0.1, 0.15) is 32.3 Å². The molecular weight excluding hydrogens is 274 g/mol. The maximum Gasteiger partial charge on any atom is 0.243 e. The van der Waals surface area contributed by atoms with Crippen molar-refractivity contribution in [1.29, 1.82) is 0 Å². The van der Waals surface area contributed by atoms with E-state index in [1.165, 1.54) is 10.4 Å². The lowest BCUT2D eigenvalue weighted by atomic mass is 10.2. The van der Waals surface area contributed by atoms with Gasteiger partial charge in [0.25, 0.3) is 0 Å². The van der Waals surface area contributed by atoms with Crippen LogP contribution in [0.4, 0.5) is 0 Å². The predicted molar refractivity (Wildman–Crippen MR) is 79.7 cm³/mol. The number of hydrogen-bond donors (Lipinski definition) is 1. The van der Waals surface area contributed by atoms with Crippen LogP contribution in [0.5, 0.6) is 0 Å². The molecule has 0 saturated carbocycles. The van der Waals surface area contributed by atoms with Crippen molar-refractivity contribution in [3.8, 4) is 11.8 Å². The molecule has 20 heavy (non-hydrogen) atoms. The van der Waals surface area contributed by atoms with Crippen molar-refractivity contribution >= 4 is 10.0 Å². The molecule has 0 aliphatic carbocycles. The molecule has 0 aliphatic rings. The molecular formula is C15H21NO3S. The molecule has 0 heterocycles. The van der Waals surface area contributed by atoms with E-state index in [-0.39, 0.29) is 17.5 Å². The third-order valence-electron chi connectivity index (χ3n) is 3.15. The molecule has 0 amide bonds. The minimum absolute atomic E-state index is 0.0443. The van der Waals surface area contributed by atoms with Crippen molar-refractivity contribution in [2.24, 2.45) is 0 Å². The second-order valence-corrected chi connectivity index (χ2v) is 6.64. The smallest absolute Gasteiger partial charge is 0.243 e. The summed E-state index contributed by atoms with van der Waals surface area (Å²) < 4.78 is 26.4. The van der Waals surface area contributed by atoms with Gasteiger partial charge in [-0.1, -0.05) is 31.3 Å². The largest absolute Gasteiger partial charge is 0.384 e. The maximum absolute atomic E-state index is 12.5. The Morgan fingerprint density at radius 1 is 1.40 bits per heavy atom. The fourth-order valence-corrected chi connectivity index (χ4v) is 3.32. The van der Waals surface area contributed by atoms with Gasteiger partial charge in [0.15, 0.2) is 0 Å². The standard InChI is InChI=1S/C15H21NO3S/c1-4-7-13(2)16(3)20(18,19)15-10-5-8-14(12-15)9-6-11-17/h5,8,10,12-13,17H,4,7,11H2,1-3H3. The molecule has 0 bridgehead atoms. The highest BCUT2D eigenvalue weighted by atomic mass is 32.2. The first kappa shape index (κ1) is 16.7. The molecule has 1 unspecified atom stereocenters. The quantitative estimate of drug-likeness (QED) is 0.843. The number of nitrogens with zero attached hydrogens (tertiary/aromatic N) is 1. The Hall–Kier alpha value is -1.35. The normalized spacial score (nSPS) is 12.8. The number of aliphatic hydroxyl groups excluding tert-OH is 1. The molecule has 0 spiro atoms. The minimum Gasteiger partial charge on any atom is -0.384 e. The fraction of sp³-hybridized carbons (Fsp3) is 0.467. The zero-order valence-electron chi connectivity index (χ0n) is 12.1. The Bertz CT molecular complexity index is 599. The Labute approximate surface area is 121 Å². The van der Waals surface area contributed by atoms with Crippen LogP contribution in [-0.4, -0.2) is 37.5 Å². The van der Waals surface area contributed by atoms with Gasteiger partial charge in [-0.05, 0) is 31.5 Å². The van der Waals surface area contributed by atoms with Crippen molar-refractivity contribution in [3.63, 3.8) is 0 Å². The Balaban J connectivity index is 3.09. The van der Waals surface area contributed by atoms with E-state index in [1.807, 2.05) is 13.8 Å². The first-order valence-corrected chi connectivity index (χ1v) is 8.05. The molecule has 0 radical (unpaired) electrons. The summed E-state index contributed by atoms with van der Waals surface area (Å²) in [6.07, 6.45) is 1.75. The lowest BCUT2D eigenvalue weighted by molar-refractivity contribution is 0.350. The molecule has 1 N–H and O–H groups in total. The van der Waals surface area contributed by atoms with Crippen molar-refractivity contribution in [1.82, 2.24) is 4.31 Å². The first-order valence-electron chi connectivity index (χ1n) is 6.61. The molecule has 0 aliphatic heterocycles. The molecule has 0 fully saturated rings. The highest BCUT2D eigenvalue weighted by molar-refractivity contribution is 7.89. The average Bonchev–Trinajstić information content (AvgIpc) is 2.44. The molecule has 1 atom stereocenters. The van der Waals surface area contributed by atoms with E-state index in [0.717, 1.165) is 12.8 Å². The Morgan fingerprint density at radius 2 is 2.10 bits per heavy atom. The summed E-state index contributed by atoms with van der Waals surface area (Å²) in [5.74, 6) is 5.23. The maximum atomic E-state index is 12.5. The summed E-state index contributed by atoms with van der Waals surface area (Å²) in [5, 5.41) is 8.68. The van der Waals surface area contributed by atoms with E-state index in [9.17, 15) is 8.42 Å². The molecule has 4 nitrogen and oxygen atoms in total. The van der Waals surface area contributed by atoms with E-state index < -0.39 is 10.0 Å². The highest BCUT2D eigenvalue weighted by Gasteiger charge is 2.24. The van der Waals surface area contributed by atoms with Crippen molar-refractivity contribution in [2.45, 2.75) is 37.6 Å². The zero-order valence-corrected chi connectivity index (χ0v) is 12.9. The van der Waals surface area contributed by atoms with Gasteiger partial charge in [0.1, 0.15) is 6.61 Å². The monoisotopic (exact) mass is 295 g/mol. The molecule has 1 rings (SSSR count). The number of rotatable bonds is 5. The molecule has 0 aromatic heterocycles. The summed E-state index contributed by atoms with van der Waals surface area (Å²) in [6, 6.07) is 6.43. The highest BCUT2D eigenvalue weighted by Crippen LogP contribution is 2.19. The van der Waals surface area contributed by atoms with Gasteiger partial charge in [-0.2, -0.15) is 4.31 Å². The summed E-state index contributed by atoms with van der Waals surface area (Å²) in [6.45, 7) is 3.68. The van der Waals surface area contributed by atoms with E-state index in [4.69, 9.17) is 5.11 Å². The number of hydrogen-bond acceptors (Lipinski definition) is 3. The van der Waals surface area contributed by atoms with Gasteiger partial charge in [-0.3, -0.25) is 0 Å². The molecule has 5 heteroatoms. The molecule has 1 aromatic rings. The third kappa shape index (κ3) is 4.07. The topological polar surface area (TPSA) is 57.6 Å². The van der Waals surface area contributed by atoms with E-state index >= 15 is 0 Å². The molecule has 110 valence electrons. The second kappa shape index (κ2) is 7.44. The van der Waals surface area contributed by atoms with Crippen LogP contribution >= 0.6 is 0 Å². The van der Waals surface area contributed by atoms with Crippen molar-refractivity contribution in [3.05, 3.63) is 29.8 Å². The first-order chi connectivity index (χ1) is 9.43. The van der Waals surface area contributed by atoms with Crippen LogP contribution in [-0.2, 0) is 10.0 Å². The van der Waals surface area contributed by atoms with E-state index in [2.05, 4.69) is 11.8 Å². The van der Waals surface area contributed by atoms with Crippen LogP contribution in [0, 0.1) is 11.8 Å². The number of aliphatic hydroxyl groups is 1. The lowest BCUT2D eigenvalue weighted by Gasteiger charge is -2.24. The predicted octanol–water partition coefficient (Wildman–Crippen LogP) is 1.84. The third-order valence-corrected chi connectivity index (χ3v) is 5.12. The number of sulfonamides is 1. The van der Waals surface area contributed by atoms with Crippen LogP contribution in [0.3, 0.4) is 0 Å². The lowest BCUT2D eigenvalue weighted by Crippen LogP contribution is -2.35. The van der Waals surface area contributed by atoms with Gasteiger partial charge in [-0.25, -0.2) is 8.42 Å². The van der Waals surface area contributed by atoms with Gasteiger partial charge < -0.3 is 5.11 Å². The van der Waals surface area contributed by atoms with Crippen LogP contribution < -0.4 is 0 Å². The summed E-state index contributed by atoms with van der Waals surface area (Å²) in [5.41, 5.74) is 0.580. The summed E-state index contributed by atoms with van der Waals surface area (Å²) in [7, 11) is -1.91. The van der Waals surface area contributed by atoms with Gasteiger partial charge in [0.2, 0.25) is 10.0 Å². The average molecular weight is 295 g/mol. The SMILES string of the molecule is CCCC(C)N(C)S(=O)(=O)c1cccc(C#CCO)c1. The minimum atomic E-state index is -3.50. The van der Waals surface area contributed by atoms with Gasteiger partial charge in [0.05, 0.1) is 4.90 Å². The van der Waals surface area contributed by atoms with Crippen LogP contribution in [0.15, 0.2) is 29.2 Å². The van der Waals surface area contributed by atoms with Crippen molar-refractivity contribution < 1.29 is 13.5 Å². The van der Waals surface area contributed by atoms with Gasteiger partial charge in [0, 0.05) is 18.7 Å². The molecule has 0 saturated heterocycles. The second-order valence-electron chi connectivity index (χ2n) is 4.65. The fourth-order valence-electron chi connectivity index (χ4n) is 1.88. The Morgan fingerprint density at radius 3 is 2.70 bits per heavy atom.